The Morgan fingerprint density at radius 3 is 2.75 bits per heavy atom. The van der Waals surface area contributed by atoms with Crippen LogP contribution in [0.1, 0.15) is 39.0 Å². The van der Waals surface area contributed by atoms with E-state index in [2.05, 4.69) is 0 Å². The number of rotatable bonds is 3. The molecular weight excluding hydrogens is 278 g/mol. The van der Waals surface area contributed by atoms with Crippen molar-refractivity contribution in [3.05, 3.63) is 0 Å². The Hall–Kier alpha value is -0.810. The Morgan fingerprint density at radius 2 is 2.10 bits per heavy atom. The van der Waals surface area contributed by atoms with Crippen molar-refractivity contribution in [2.24, 2.45) is 11.7 Å². The van der Waals surface area contributed by atoms with Gasteiger partial charge in [0.1, 0.15) is 0 Å². The van der Waals surface area contributed by atoms with Gasteiger partial charge in [0.25, 0.3) is 0 Å². The van der Waals surface area contributed by atoms with E-state index in [1.54, 1.807) is 4.90 Å². The molecule has 0 aromatic carbocycles. The SMILES string of the molecule is CC(N)C1CCCN(C(=O)CN2CCCCC2=O)C1.Cl. The van der Waals surface area contributed by atoms with Crippen LogP contribution in [-0.4, -0.2) is 53.8 Å². The minimum Gasteiger partial charge on any atom is -0.341 e. The van der Waals surface area contributed by atoms with Crippen molar-refractivity contribution < 1.29 is 9.59 Å². The number of nitrogens with two attached hydrogens (primary N) is 1. The molecule has 0 radical (unpaired) electrons. The lowest BCUT2D eigenvalue weighted by Gasteiger charge is -2.36. The van der Waals surface area contributed by atoms with E-state index in [9.17, 15) is 9.59 Å². The van der Waals surface area contributed by atoms with Gasteiger partial charge in [-0.2, -0.15) is 0 Å². The van der Waals surface area contributed by atoms with Gasteiger partial charge in [-0.25, -0.2) is 0 Å². The number of carbonyl (C=O) groups is 2. The van der Waals surface area contributed by atoms with E-state index >= 15 is 0 Å². The molecule has 0 bridgehead atoms. The minimum atomic E-state index is 0. The molecule has 2 atom stereocenters. The van der Waals surface area contributed by atoms with Gasteiger partial charge in [-0.3, -0.25) is 9.59 Å². The highest BCUT2D eigenvalue weighted by Crippen LogP contribution is 2.19. The molecule has 0 saturated carbocycles. The topological polar surface area (TPSA) is 66.6 Å². The highest BCUT2D eigenvalue weighted by atomic mass is 35.5. The summed E-state index contributed by atoms with van der Waals surface area (Å²) in [5.41, 5.74) is 5.93. The van der Waals surface area contributed by atoms with Crippen molar-refractivity contribution in [3.8, 4) is 0 Å². The van der Waals surface area contributed by atoms with Crippen LogP contribution in [0.3, 0.4) is 0 Å². The van der Waals surface area contributed by atoms with Gasteiger partial charge in [-0.05, 0) is 38.5 Å². The van der Waals surface area contributed by atoms with Crippen LogP contribution in [0.4, 0.5) is 0 Å². The predicted octanol–water partition coefficient (Wildman–Crippen LogP) is 1.01. The molecule has 2 rings (SSSR count). The first-order valence-corrected chi connectivity index (χ1v) is 7.39. The Kier molecular flexibility index (Phi) is 6.76. The van der Waals surface area contributed by atoms with Crippen molar-refractivity contribution in [2.75, 3.05) is 26.2 Å². The first kappa shape index (κ1) is 17.2. The Bertz CT molecular complexity index is 349. The van der Waals surface area contributed by atoms with Crippen LogP contribution in [0.5, 0.6) is 0 Å². The number of piperidine rings is 2. The molecule has 20 heavy (non-hydrogen) atoms. The van der Waals surface area contributed by atoms with Crippen molar-refractivity contribution >= 4 is 24.2 Å². The van der Waals surface area contributed by atoms with Crippen molar-refractivity contribution in [2.45, 2.75) is 45.1 Å². The van der Waals surface area contributed by atoms with E-state index in [0.29, 0.717) is 12.3 Å². The van der Waals surface area contributed by atoms with E-state index in [-0.39, 0.29) is 36.8 Å². The number of amides is 2. The van der Waals surface area contributed by atoms with Crippen molar-refractivity contribution in [3.63, 3.8) is 0 Å². The number of nitrogens with zero attached hydrogens (tertiary/aromatic N) is 2. The molecular formula is C14H26ClN3O2. The molecule has 2 fully saturated rings. The van der Waals surface area contributed by atoms with E-state index in [1.165, 1.54) is 0 Å². The molecule has 2 aliphatic heterocycles. The summed E-state index contributed by atoms with van der Waals surface area (Å²) < 4.78 is 0. The molecule has 0 aromatic heterocycles. The monoisotopic (exact) mass is 303 g/mol. The Labute approximate surface area is 127 Å². The lowest BCUT2D eigenvalue weighted by atomic mass is 9.92. The van der Waals surface area contributed by atoms with E-state index in [0.717, 1.165) is 45.3 Å². The second-order valence-electron chi connectivity index (χ2n) is 5.87. The smallest absolute Gasteiger partial charge is 0.242 e. The summed E-state index contributed by atoms with van der Waals surface area (Å²) in [4.78, 5) is 27.6. The van der Waals surface area contributed by atoms with E-state index in [1.807, 2.05) is 11.8 Å². The lowest BCUT2D eigenvalue weighted by Crippen LogP contribution is -2.49. The van der Waals surface area contributed by atoms with Gasteiger partial charge in [0.2, 0.25) is 11.8 Å². The van der Waals surface area contributed by atoms with Crippen LogP contribution in [-0.2, 0) is 9.59 Å². The molecule has 2 amide bonds. The molecule has 0 spiro atoms. The summed E-state index contributed by atoms with van der Waals surface area (Å²) in [7, 11) is 0. The highest BCUT2D eigenvalue weighted by molar-refractivity contribution is 5.85. The fourth-order valence-corrected chi connectivity index (χ4v) is 2.96. The maximum absolute atomic E-state index is 12.3. The molecule has 2 saturated heterocycles. The third kappa shape index (κ3) is 4.35. The molecule has 2 heterocycles. The fourth-order valence-electron chi connectivity index (χ4n) is 2.96. The summed E-state index contributed by atoms with van der Waals surface area (Å²) in [5.74, 6) is 0.607. The summed E-state index contributed by atoms with van der Waals surface area (Å²) in [6.07, 6.45) is 4.69. The van der Waals surface area contributed by atoms with Crippen LogP contribution in [0.15, 0.2) is 0 Å². The van der Waals surface area contributed by atoms with Gasteiger partial charge in [-0.15, -0.1) is 12.4 Å². The van der Waals surface area contributed by atoms with Gasteiger partial charge in [0.15, 0.2) is 0 Å². The van der Waals surface area contributed by atoms with Crippen molar-refractivity contribution in [1.82, 2.24) is 9.80 Å². The number of hydrogen-bond donors (Lipinski definition) is 1. The van der Waals surface area contributed by atoms with Gasteiger partial charge >= 0.3 is 0 Å². The fraction of sp³-hybridized carbons (Fsp3) is 0.857. The van der Waals surface area contributed by atoms with E-state index in [4.69, 9.17) is 5.73 Å². The second kappa shape index (κ2) is 7.84. The molecule has 6 heteroatoms. The van der Waals surface area contributed by atoms with Crippen LogP contribution in [0.2, 0.25) is 0 Å². The number of likely N-dealkylation sites (tertiary alicyclic amines) is 2. The predicted molar refractivity (Wildman–Crippen MR) is 80.6 cm³/mol. The van der Waals surface area contributed by atoms with Crippen LogP contribution in [0, 0.1) is 5.92 Å². The zero-order valence-electron chi connectivity index (χ0n) is 12.2. The molecule has 0 aliphatic carbocycles. The summed E-state index contributed by atoms with van der Waals surface area (Å²) in [6, 6.07) is 0.132. The number of hydrogen-bond acceptors (Lipinski definition) is 3. The average Bonchev–Trinajstić information content (AvgIpc) is 2.41. The molecule has 2 unspecified atom stereocenters. The first-order chi connectivity index (χ1) is 9.08. The van der Waals surface area contributed by atoms with E-state index < -0.39 is 0 Å². The van der Waals surface area contributed by atoms with Crippen LogP contribution < -0.4 is 5.73 Å². The van der Waals surface area contributed by atoms with Crippen LogP contribution in [0.25, 0.3) is 0 Å². The number of carbonyl (C=O) groups excluding carboxylic acids is 2. The molecule has 116 valence electrons. The zero-order valence-corrected chi connectivity index (χ0v) is 13.0. The normalized spacial score (nSPS) is 25.1. The minimum absolute atomic E-state index is 0. The second-order valence-corrected chi connectivity index (χ2v) is 5.87. The summed E-state index contributed by atoms with van der Waals surface area (Å²) in [5, 5.41) is 0. The third-order valence-electron chi connectivity index (χ3n) is 4.30. The van der Waals surface area contributed by atoms with Crippen molar-refractivity contribution in [1.29, 1.82) is 0 Å². The maximum atomic E-state index is 12.3. The van der Waals surface area contributed by atoms with Gasteiger partial charge in [0, 0.05) is 32.1 Å². The quantitative estimate of drug-likeness (QED) is 0.846. The Morgan fingerprint density at radius 1 is 1.35 bits per heavy atom. The highest BCUT2D eigenvalue weighted by Gasteiger charge is 2.28. The molecule has 0 aromatic rings. The molecule has 2 aliphatic rings. The maximum Gasteiger partial charge on any atom is 0.242 e. The van der Waals surface area contributed by atoms with Gasteiger partial charge < -0.3 is 15.5 Å². The lowest BCUT2D eigenvalue weighted by molar-refractivity contribution is -0.142. The molecule has 5 nitrogen and oxygen atoms in total. The van der Waals surface area contributed by atoms with Crippen LogP contribution >= 0.6 is 12.4 Å². The standard InChI is InChI=1S/C14H25N3O2.ClH/c1-11(15)12-5-4-8-16(9-12)14(19)10-17-7-3-2-6-13(17)18;/h11-12H,2-10,15H2,1H3;1H. The third-order valence-corrected chi connectivity index (χ3v) is 4.30. The summed E-state index contributed by atoms with van der Waals surface area (Å²) in [6.45, 7) is 4.55. The van der Waals surface area contributed by atoms with Gasteiger partial charge in [0.05, 0.1) is 6.54 Å². The average molecular weight is 304 g/mol. The molecule has 2 N–H and O–H groups in total. The number of halogens is 1. The summed E-state index contributed by atoms with van der Waals surface area (Å²) >= 11 is 0. The zero-order chi connectivity index (χ0) is 13.8. The largest absolute Gasteiger partial charge is 0.341 e. The van der Waals surface area contributed by atoms with Gasteiger partial charge in [-0.1, -0.05) is 0 Å². The first-order valence-electron chi connectivity index (χ1n) is 7.39. The Balaban J connectivity index is 0.00000200.